The first-order valence-electron chi connectivity index (χ1n) is 11.5. The Balaban J connectivity index is -0.0000000776. The minimum atomic E-state index is 0. The first-order valence-corrected chi connectivity index (χ1v) is 11.5. The SMILES string of the molecule is CCOCC.CCOCC.C[C]1[C](C)[C](C)[C](C)[C]1C.C[C]1[C](C)[C](C)[C](C)[C]1C.Cl.[Cl-].[Na+].[Pr]. The predicted octanol–water partition coefficient (Wildman–Crippen LogP) is 2.46. The molecule has 2 aliphatic rings. The third-order valence-corrected chi connectivity index (χ3v) is 6.44. The first-order chi connectivity index (χ1) is 13.9. The van der Waals surface area contributed by atoms with Gasteiger partial charge in [0.05, 0.1) is 0 Å². The molecule has 2 saturated carbocycles. The van der Waals surface area contributed by atoms with Gasteiger partial charge in [-0.1, -0.05) is 69.2 Å². The Morgan fingerprint density at radius 2 is 0.471 bits per heavy atom. The van der Waals surface area contributed by atoms with Crippen LogP contribution in [0.4, 0.5) is 0 Å². The molecule has 2 aliphatic carbocycles. The third kappa shape index (κ3) is 18.2. The van der Waals surface area contributed by atoms with Crippen LogP contribution in [-0.4, -0.2) is 26.4 Å². The van der Waals surface area contributed by atoms with Gasteiger partial charge in [0.2, 0.25) is 0 Å². The average Bonchev–Trinajstić information content (AvgIpc) is 3.01. The van der Waals surface area contributed by atoms with Crippen LogP contribution in [0.2, 0.25) is 0 Å². The Bertz CT molecular complexity index is 277. The van der Waals surface area contributed by atoms with Crippen molar-refractivity contribution in [3.8, 4) is 0 Å². The van der Waals surface area contributed by atoms with Crippen molar-refractivity contribution in [1.29, 1.82) is 0 Å². The van der Waals surface area contributed by atoms with Crippen molar-refractivity contribution in [2.24, 2.45) is 0 Å². The second kappa shape index (κ2) is 28.9. The predicted molar refractivity (Wildman–Crippen MR) is 141 cm³/mol. The van der Waals surface area contributed by atoms with Crippen LogP contribution in [0.25, 0.3) is 0 Å². The third-order valence-electron chi connectivity index (χ3n) is 6.44. The molecule has 0 aliphatic heterocycles. The molecule has 0 N–H and O–H groups in total. The molecule has 0 aromatic rings. The van der Waals surface area contributed by atoms with Crippen molar-refractivity contribution in [3.05, 3.63) is 59.2 Å². The van der Waals surface area contributed by atoms with E-state index in [-0.39, 0.29) is 95.7 Å². The van der Waals surface area contributed by atoms with Gasteiger partial charge in [0, 0.05) is 67.7 Å². The van der Waals surface area contributed by atoms with Gasteiger partial charge in [-0.2, -0.15) is 0 Å². The van der Waals surface area contributed by atoms with Gasteiger partial charge in [0.15, 0.2) is 0 Å². The smallest absolute Gasteiger partial charge is 1.00 e. The van der Waals surface area contributed by atoms with Crippen molar-refractivity contribution < 1.29 is 92.7 Å². The zero-order valence-corrected chi connectivity index (χ0v) is 32.3. The molecule has 0 spiro atoms. The molecule has 0 amide bonds. The molecule has 2 fully saturated rings. The summed E-state index contributed by atoms with van der Waals surface area (Å²) < 4.78 is 9.67. The van der Waals surface area contributed by atoms with E-state index < -0.39 is 0 Å². The van der Waals surface area contributed by atoms with E-state index in [0.29, 0.717) is 0 Å². The summed E-state index contributed by atoms with van der Waals surface area (Å²) >= 11 is 0. The van der Waals surface area contributed by atoms with Crippen LogP contribution in [0.3, 0.4) is 0 Å². The van der Waals surface area contributed by atoms with Crippen LogP contribution < -0.4 is 42.0 Å². The number of ether oxygens (including phenoxy) is 2. The van der Waals surface area contributed by atoms with Crippen LogP contribution in [-0.2, 0) is 9.47 Å². The first kappa shape index (κ1) is 49.8. The molecule has 0 atom stereocenters. The van der Waals surface area contributed by atoms with E-state index in [0.717, 1.165) is 26.4 Å². The van der Waals surface area contributed by atoms with Gasteiger partial charge in [-0.25, -0.2) is 0 Å². The fraction of sp³-hybridized carbons (Fsp3) is 0.643. The summed E-state index contributed by atoms with van der Waals surface area (Å²) in [4.78, 5) is 0. The van der Waals surface area contributed by atoms with Crippen molar-refractivity contribution in [2.75, 3.05) is 26.4 Å². The Kier molecular flexibility index (Phi) is 42.3. The van der Waals surface area contributed by atoms with Crippen molar-refractivity contribution in [2.45, 2.75) is 96.9 Å². The normalized spacial score (nSPS) is 19.2. The van der Waals surface area contributed by atoms with Crippen LogP contribution in [0, 0.1) is 100 Å². The molecule has 0 bridgehead atoms. The van der Waals surface area contributed by atoms with Crippen molar-refractivity contribution in [3.63, 3.8) is 0 Å². The quantitative estimate of drug-likeness (QED) is 0.435. The molecule has 0 aromatic carbocycles. The molecule has 2 nitrogen and oxygen atoms in total. The molecule has 0 heterocycles. The van der Waals surface area contributed by atoms with Gasteiger partial charge in [0.1, 0.15) is 0 Å². The molecule has 0 aromatic heterocycles. The van der Waals surface area contributed by atoms with Crippen LogP contribution in [0.1, 0.15) is 96.9 Å². The van der Waals surface area contributed by atoms with Gasteiger partial charge < -0.3 is 21.9 Å². The van der Waals surface area contributed by atoms with E-state index in [1.807, 2.05) is 27.7 Å². The topological polar surface area (TPSA) is 18.5 Å². The van der Waals surface area contributed by atoms with E-state index >= 15 is 0 Å². The number of hydrogen-bond donors (Lipinski definition) is 0. The fourth-order valence-electron chi connectivity index (χ4n) is 3.22. The summed E-state index contributed by atoms with van der Waals surface area (Å²) in [5, 5.41) is 0. The maximum atomic E-state index is 4.83. The largest absolute Gasteiger partial charge is 1.00 e. The molecule has 11 radical (unpaired) electrons. The molecular formula is C28H51Cl2NaO2Pr. The number of halogens is 2. The monoisotopic (exact) mass is 653 g/mol. The minimum Gasteiger partial charge on any atom is -1.00 e. The molecule has 2 rings (SSSR count). The Morgan fingerprint density at radius 3 is 0.500 bits per heavy atom. The van der Waals surface area contributed by atoms with Crippen LogP contribution >= 0.6 is 12.4 Å². The van der Waals surface area contributed by atoms with Crippen LogP contribution in [0.5, 0.6) is 0 Å². The van der Waals surface area contributed by atoms with E-state index in [1.165, 1.54) is 59.2 Å². The average molecular weight is 655 g/mol. The molecule has 193 valence electrons. The van der Waals surface area contributed by atoms with E-state index in [2.05, 4.69) is 69.2 Å². The second-order valence-electron chi connectivity index (χ2n) is 7.81. The summed E-state index contributed by atoms with van der Waals surface area (Å²) in [6.45, 7) is 33.3. The summed E-state index contributed by atoms with van der Waals surface area (Å²) in [5.74, 6) is 14.7. The molecular weight excluding hydrogens is 603 g/mol. The number of hydrogen-bond acceptors (Lipinski definition) is 2. The Labute approximate surface area is 284 Å². The zero-order chi connectivity index (χ0) is 24.0. The molecule has 34 heavy (non-hydrogen) atoms. The van der Waals surface area contributed by atoms with Gasteiger partial charge in [-0.05, 0) is 86.9 Å². The standard InChI is InChI=1S/2C10H15.2C4H10O.2ClH.Na.Pr/c2*1-6-7(2)9(4)10(5)8(6)3;2*1-3-5-4-2;;;;/h2*1-5H3;2*3-4H2,1-2H3;2*1H;;/q;;;;;;+1;/p-1. The van der Waals surface area contributed by atoms with Gasteiger partial charge in [-0.15, -0.1) is 12.4 Å². The zero-order valence-electron chi connectivity index (χ0n) is 25.0. The minimum absolute atomic E-state index is 0. The molecule has 0 saturated heterocycles. The van der Waals surface area contributed by atoms with Crippen LogP contribution in [0.15, 0.2) is 0 Å². The summed E-state index contributed by atoms with van der Waals surface area (Å²) in [5.41, 5.74) is 0. The van der Waals surface area contributed by atoms with Crippen molar-refractivity contribution in [1.82, 2.24) is 0 Å². The maximum absolute atomic E-state index is 4.83. The summed E-state index contributed by atoms with van der Waals surface area (Å²) in [7, 11) is 0. The second-order valence-corrected chi connectivity index (χ2v) is 7.81. The van der Waals surface area contributed by atoms with E-state index in [4.69, 9.17) is 9.47 Å². The summed E-state index contributed by atoms with van der Waals surface area (Å²) in [6.07, 6.45) is 0. The molecule has 6 heteroatoms. The Hall–Kier alpha value is 2.86. The Morgan fingerprint density at radius 1 is 0.382 bits per heavy atom. The van der Waals surface area contributed by atoms with E-state index in [1.54, 1.807) is 0 Å². The van der Waals surface area contributed by atoms with Crippen molar-refractivity contribution >= 4 is 12.4 Å². The van der Waals surface area contributed by atoms with Gasteiger partial charge >= 0.3 is 29.6 Å². The summed E-state index contributed by atoms with van der Waals surface area (Å²) in [6, 6.07) is 0. The maximum Gasteiger partial charge on any atom is 1.00 e. The number of rotatable bonds is 4. The van der Waals surface area contributed by atoms with Gasteiger partial charge in [0.25, 0.3) is 0 Å². The van der Waals surface area contributed by atoms with E-state index in [9.17, 15) is 0 Å². The van der Waals surface area contributed by atoms with Gasteiger partial charge in [-0.3, -0.25) is 0 Å². The fourth-order valence-corrected chi connectivity index (χ4v) is 3.22. The molecule has 0 unspecified atom stereocenters.